The fraction of sp³-hybridized carbons (Fsp3) is 0.300. The van der Waals surface area contributed by atoms with Crippen LogP contribution < -0.4 is 10.6 Å². The molecule has 2 rings (SSSR count). The molecule has 0 aromatic heterocycles. The Hall–Kier alpha value is -1.51. The Morgan fingerprint density at radius 1 is 1.54 bits per heavy atom. The van der Waals surface area contributed by atoms with Crippen LogP contribution in [-0.4, -0.2) is 12.5 Å². The van der Waals surface area contributed by atoms with Crippen molar-refractivity contribution in [2.75, 3.05) is 17.2 Å². The maximum Gasteiger partial charge on any atom is 0.231 e. The number of anilines is 2. The molecule has 1 aromatic rings. The number of benzene rings is 1. The molecule has 1 aliphatic rings. The number of rotatable bonds is 1. The minimum absolute atomic E-state index is 0.149. The lowest BCUT2D eigenvalue weighted by atomic mass is 10.1. The van der Waals surface area contributed by atoms with Gasteiger partial charge in [-0.25, -0.2) is 0 Å². The molecular formula is C10H12N2O. The van der Waals surface area contributed by atoms with Crippen LogP contribution in [0, 0.1) is 0 Å². The lowest BCUT2D eigenvalue weighted by Crippen LogP contribution is -2.25. The summed E-state index contributed by atoms with van der Waals surface area (Å²) < 4.78 is 0. The first-order valence-corrected chi connectivity index (χ1v) is 4.41. The lowest BCUT2D eigenvalue weighted by molar-refractivity contribution is -0.117. The molecular weight excluding hydrogens is 164 g/mol. The first kappa shape index (κ1) is 8.10. The minimum atomic E-state index is 0.149. The van der Waals surface area contributed by atoms with E-state index in [1.165, 1.54) is 0 Å². The normalized spacial score (nSPS) is 14.8. The van der Waals surface area contributed by atoms with E-state index >= 15 is 0 Å². The van der Waals surface area contributed by atoms with Gasteiger partial charge in [-0.3, -0.25) is 4.79 Å². The minimum Gasteiger partial charge on any atom is -0.398 e. The van der Waals surface area contributed by atoms with Crippen molar-refractivity contribution in [2.45, 2.75) is 13.3 Å². The Morgan fingerprint density at radius 3 is 3.00 bits per heavy atom. The van der Waals surface area contributed by atoms with Gasteiger partial charge in [-0.15, -0.1) is 0 Å². The summed E-state index contributed by atoms with van der Waals surface area (Å²) in [6.45, 7) is 2.69. The highest BCUT2D eigenvalue weighted by atomic mass is 16.2. The summed E-state index contributed by atoms with van der Waals surface area (Å²) in [5.74, 6) is 0.149. The van der Waals surface area contributed by atoms with Gasteiger partial charge in [0.2, 0.25) is 5.91 Å². The van der Waals surface area contributed by atoms with Crippen molar-refractivity contribution >= 4 is 17.3 Å². The van der Waals surface area contributed by atoms with Crippen molar-refractivity contribution in [1.29, 1.82) is 0 Å². The van der Waals surface area contributed by atoms with Crippen LogP contribution in [0.3, 0.4) is 0 Å². The zero-order valence-corrected chi connectivity index (χ0v) is 7.58. The largest absolute Gasteiger partial charge is 0.398 e. The van der Waals surface area contributed by atoms with Crippen LogP contribution in [0.15, 0.2) is 18.2 Å². The van der Waals surface area contributed by atoms with Crippen LogP contribution in [-0.2, 0) is 11.2 Å². The maximum atomic E-state index is 11.5. The van der Waals surface area contributed by atoms with Crippen LogP contribution in [0.2, 0.25) is 0 Å². The number of nitrogen functional groups attached to an aromatic ring is 1. The number of amides is 1. The molecule has 0 aliphatic carbocycles. The molecule has 1 aromatic carbocycles. The van der Waals surface area contributed by atoms with Gasteiger partial charge in [-0.05, 0) is 19.1 Å². The first-order chi connectivity index (χ1) is 6.24. The van der Waals surface area contributed by atoms with Crippen LogP contribution in [0.25, 0.3) is 0 Å². The van der Waals surface area contributed by atoms with Crippen LogP contribution in [0.4, 0.5) is 11.4 Å². The second-order valence-electron chi connectivity index (χ2n) is 3.16. The third-order valence-electron chi connectivity index (χ3n) is 2.42. The standard InChI is InChI=1S/C10H12N2O/c1-2-12-9-5-3-4-8(11)7(9)6-10(12)13/h3-5H,2,6,11H2,1H3. The third-order valence-corrected chi connectivity index (χ3v) is 2.42. The number of carbonyl (C=O) groups is 1. The van der Waals surface area contributed by atoms with Crippen molar-refractivity contribution < 1.29 is 4.79 Å². The topological polar surface area (TPSA) is 46.3 Å². The summed E-state index contributed by atoms with van der Waals surface area (Å²) >= 11 is 0. The van der Waals surface area contributed by atoms with Gasteiger partial charge in [0.1, 0.15) is 0 Å². The van der Waals surface area contributed by atoms with Gasteiger partial charge >= 0.3 is 0 Å². The zero-order valence-electron chi connectivity index (χ0n) is 7.58. The van der Waals surface area contributed by atoms with Crippen molar-refractivity contribution in [3.05, 3.63) is 23.8 Å². The number of nitrogens with two attached hydrogens (primary N) is 1. The molecule has 3 nitrogen and oxygen atoms in total. The molecule has 1 amide bonds. The summed E-state index contributed by atoms with van der Waals surface area (Å²) in [7, 11) is 0. The van der Waals surface area contributed by atoms with Crippen LogP contribution >= 0.6 is 0 Å². The zero-order chi connectivity index (χ0) is 9.42. The number of carbonyl (C=O) groups excluding carboxylic acids is 1. The predicted octanol–water partition coefficient (Wildman–Crippen LogP) is 1.18. The Balaban J connectivity index is 2.54. The van der Waals surface area contributed by atoms with E-state index in [2.05, 4.69) is 0 Å². The molecule has 0 spiro atoms. The summed E-state index contributed by atoms with van der Waals surface area (Å²) in [6, 6.07) is 5.67. The third kappa shape index (κ3) is 1.08. The Labute approximate surface area is 77.1 Å². The van der Waals surface area contributed by atoms with E-state index < -0.39 is 0 Å². The van der Waals surface area contributed by atoms with E-state index in [9.17, 15) is 4.79 Å². The smallest absolute Gasteiger partial charge is 0.231 e. The molecule has 13 heavy (non-hydrogen) atoms. The van der Waals surface area contributed by atoms with Crippen molar-refractivity contribution in [2.24, 2.45) is 0 Å². The van der Waals surface area contributed by atoms with Crippen molar-refractivity contribution in [3.8, 4) is 0 Å². The average molecular weight is 176 g/mol. The molecule has 0 saturated heterocycles. The second-order valence-corrected chi connectivity index (χ2v) is 3.16. The van der Waals surface area contributed by atoms with E-state index in [0.29, 0.717) is 6.42 Å². The summed E-state index contributed by atoms with van der Waals surface area (Å²) in [4.78, 5) is 13.3. The molecule has 0 radical (unpaired) electrons. The summed E-state index contributed by atoms with van der Waals surface area (Å²) in [5, 5.41) is 0. The molecule has 3 heteroatoms. The average Bonchev–Trinajstić information content (AvgIpc) is 2.43. The number of fused-ring (bicyclic) bond motifs is 1. The quantitative estimate of drug-likeness (QED) is 0.653. The first-order valence-electron chi connectivity index (χ1n) is 4.41. The van der Waals surface area contributed by atoms with Gasteiger partial charge in [0.05, 0.1) is 6.42 Å². The monoisotopic (exact) mass is 176 g/mol. The molecule has 0 saturated carbocycles. The Kier molecular flexibility index (Phi) is 1.72. The Bertz CT molecular complexity index is 360. The highest BCUT2D eigenvalue weighted by Gasteiger charge is 2.26. The maximum absolute atomic E-state index is 11.5. The van der Waals surface area contributed by atoms with E-state index in [1.54, 1.807) is 4.90 Å². The lowest BCUT2D eigenvalue weighted by Gasteiger charge is -2.14. The van der Waals surface area contributed by atoms with Gasteiger partial charge in [0.15, 0.2) is 0 Å². The fourth-order valence-corrected chi connectivity index (χ4v) is 1.77. The second kappa shape index (κ2) is 2.76. The van der Waals surface area contributed by atoms with Gasteiger partial charge in [-0.1, -0.05) is 6.07 Å². The Morgan fingerprint density at radius 2 is 2.31 bits per heavy atom. The van der Waals surface area contributed by atoms with Gasteiger partial charge in [0.25, 0.3) is 0 Å². The highest BCUT2D eigenvalue weighted by Crippen LogP contribution is 2.32. The summed E-state index contributed by atoms with van der Waals surface area (Å²) in [6.07, 6.45) is 0.454. The number of hydrogen-bond donors (Lipinski definition) is 1. The molecule has 2 N–H and O–H groups in total. The molecule has 0 unspecified atom stereocenters. The molecule has 0 bridgehead atoms. The summed E-state index contributed by atoms with van der Waals surface area (Å²) in [5.41, 5.74) is 8.46. The van der Waals surface area contributed by atoms with Gasteiger partial charge < -0.3 is 10.6 Å². The van der Waals surface area contributed by atoms with Crippen molar-refractivity contribution in [3.63, 3.8) is 0 Å². The molecule has 68 valence electrons. The predicted molar refractivity (Wildman–Crippen MR) is 52.6 cm³/mol. The van der Waals surface area contributed by atoms with Gasteiger partial charge in [0, 0.05) is 23.5 Å². The number of likely N-dealkylation sites (N-methyl/N-ethyl adjacent to an activating group) is 1. The molecule has 1 heterocycles. The number of hydrogen-bond acceptors (Lipinski definition) is 2. The van der Waals surface area contributed by atoms with Crippen LogP contribution in [0.1, 0.15) is 12.5 Å². The van der Waals surface area contributed by atoms with E-state index in [1.807, 2.05) is 25.1 Å². The highest BCUT2D eigenvalue weighted by molar-refractivity contribution is 6.03. The molecule has 0 atom stereocenters. The van der Waals surface area contributed by atoms with Crippen molar-refractivity contribution in [1.82, 2.24) is 0 Å². The number of nitrogens with zero attached hydrogens (tertiary/aromatic N) is 1. The van der Waals surface area contributed by atoms with Crippen LogP contribution in [0.5, 0.6) is 0 Å². The van der Waals surface area contributed by atoms with E-state index in [0.717, 1.165) is 23.5 Å². The molecule has 1 aliphatic heterocycles. The fourth-order valence-electron chi connectivity index (χ4n) is 1.77. The van der Waals surface area contributed by atoms with Gasteiger partial charge in [-0.2, -0.15) is 0 Å². The SMILES string of the molecule is CCN1C(=O)Cc2c(N)cccc21. The van der Waals surface area contributed by atoms with E-state index in [-0.39, 0.29) is 5.91 Å². The molecule has 0 fully saturated rings. The van der Waals surface area contributed by atoms with E-state index in [4.69, 9.17) is 5.73 Å².